The predicted molar refractivity (Wildman–Crippen MR) is 99.7 cm³/mol. The number of benzene rings is 2. The fraction of sp³-hybridized carbons (Fsp3) is 0.263. The number of anilines is 2. The summed E-state index contributed by atoms with van der Waals surface area (Å²) in [6, 6.07) is 11.9. The molecule has 7 heteroatoms. The molecule has 0 saturated carbocycles. The highest BCUT2D eigenvalue weighted by molar-refractivity contribution is 5.78. The summed E-state index contributed by atoms with van der Waals surface area (Å²) in [7, 11) is 1.54. The number of nitrogens with zero attached hydrogens (tertiary/aromatic N) is 3. The second-order valence-corrected chi connectivity index (χ2v) is 6.20. The number of halogens is 1. The third-order valence-corrected chi connectivity index (χ3v) is 4.66. The maximum atomic E-state index is 13.4. The molecule has 1 fully saturated rings. The fourth-order valence-corrected chi connectivity index (χ4v) is 3.30. The number of ether oxygens (including phenoxy) is 1. The molecule has 1 aromatic heterocycles. The maximum absolute atomic E-state index is 13.4. The van der Waals surface area contributed by atoms with E-state index < -0.39 is 0 Å². The van der Waals surface area contributed by atoms with E-state index in [0.717, 1.165) is 18.8 Å². The highest BCUT2D eigenvalue weighted by atomic mass is 19.1. The molecule has 0 radical (unpaired) electrons. The highest BCUT2D eigenvalue weighted by Crippen LogP contribution is 2.30. The zero-order chi connectivity index (χ0) is 18.1. The van der Waals surface area contributed by atoms with Gasteiger partial charge in [0.2, 0.25) is 5.95 Å². The molecular weight excluding hydrogens is 335 g/mol. The standard InChI is InChI=1S/C19H19FN4O2/c1-26-17-12-13(20)6-7-16(17)23-8-10-24(11-9-23)19-21-15-5-3-2-4-14(15)18(25)22-19/h2-7,12H,8-11H2,1H3,(H,21,22,25). The molecule has 134 valence electrons. The van der Waals surface area contributed by atoms with Crippen LogP contribution in [0.2, 0.25) is 0 Å². The van der Waals surface area contributed by atoms with Gasteiger partial charge in [0.05, 0.1) is 23.7 Å². The topological polar surface area (TPSA) is 61.5 Å². The van der Waals surface area contributed by atoms with Gasteiger partial charge in [0.1, 0.15) is 11.6 Å². The summed E-state index contributed by atoms with van der Waals surface area (Å²) in [5, 5.41) is 0.589. The van der Waals surface area contributed by atoms with Crippen molar-refractivity contribution in [2.45, 2.75) is 0 Å². The highest BCUT2D eigenvalue weighted by Gasteiger charge is 2.22. The molecule has 0 amide bonds. The van der Waals surface area contributed by atoms with Crippen LogP contribution in [0.5, 0.6) is 5.75 Å². The van der Waals surface area contributed by atoms with Crippen molar-refractivity contribution in [3.05, 3.63) is 58.6 Å². The minimum absolute atomic E-state index is 0.131. The number of hydrogen-bond acceptors (Lipinski definition) is 5. The summed E-state index contributed by atoms with van der Waals surface area (Å²) in [4.78, 5) is 23.9. The van der Waals surface area contributed by atoms with E-state index in [4.69, 9.17) is 4.74 Å². The van der Waals surface area contributed by atoms with E-state index in [1.165, 1.54) is 19.2 Å². The molecular formula is C19H19FN4O2. The molecule has 1 saturated heterocycles. The van der Waals surface area contributed by atoms with Crippen LogP contribution in [-0.2, 0) is 0 Å². The zero-order valence-electron chi connectivity index (χ0n) is 14.4. The van der Waals surface area contributed by atoms with Crippen LogP contribution in [0, 0.1) is 5.82 Å². The minimum Gasteiger partial charge on any atom is -0.494 e. The molecule has 0 spiro atoms. The molecule has 26 heavy (non-hydrogen) atoms. The summed E-state index contributed by atoms with van der Waals surface area (Å²) in [6.45, 7) is 2.83. The Balaban J connectivity index is 1.55. The quantitative estimate of drug-likeness (QED) is 0.783. The summed E-state index contributed by atoms with van der Waals surface area (Å²) in [5.41, 5.74) is 1.43. The molecule has 0 unspecified atom stereocenters. The SMILES string of the molecule is COc1cc(F)ccc1N1CCN(c2nc3ccccc3c(=O)[nH]2)CC1. The third kappa shape index (κ3) is 2.96. The molecule has 1 aliphatic heterocycles. The van der Waals surface area contributed by atoms with E-state index in [0.29, 0.717) is 35.7 Å². The largest absolute Gasteiger partial charge is 0.494 e. The van der Waals surface area contributed by atoms with Gasteiger partial charge in [-0.1, -0.05) is 12.1 Å². The third-order valence-electron chi connectivity index (χ3n) is 4.66. The molecule has 3 aromatic rings. The summed E-state index contributed by atoms with van der Waals surface area (Å²) >= 11 is 0. The van der Waals surface area contributed by atoms with Crippen molar-refractivity contribution in [1.82, 2.24) is 9.97 Å². The minimum atomic E-state index is -0.317. The molecule has 1 aliphatic rings. The number of methoxy groups -OCH3 is 1. The van der Waals surface area contributed by atoms with Crippen LogP contribution in [0.1, 0.15) is 0 Å². The van der Waals surface area contributed by atoms with Gasteiger partial charge in [-0.3, -0.25) is 9.78 Å². The first kappa shape index (κ1) is 16.4. The molecule has 0 atom stereocenters. The van der Waals surface area contributed by atoms with Gasteiger partial charge >= 0.3 is 0 Å². The van der Waals surface area contributed by atoms with Gasteiger partial charge in [-0.25, -0.2) is 9.37 Å². The maximum Gasteiger partial charge on any atom is 0.260 e. The van der Waals surface area contributed by atoms with Crippen LogP contribution in [0.25, 0.3) is 10.9 Å². The van der Waals surface area contributed by atoms with Crippen LogP contribution in [0.15, 0.2) is 47.3 Å². The molecule has 0 bridgehead atoms. The Morgan fingerprint density at radius 2 is 1.81 bits per heavy atom. The zero-order valence-corrected chi connectivity index (χ0v) is 14.4. The normalized spacial score (nSPS) is 14.7. The van der Waals surface area contributed by atoms with Crippen molar-refractivity contribution in [2.75, 3.05) is 43.1 Å². The van der Waals surface area contributed by atoms with E-state index in [2.05, 4.69) is 19.8 Å². The van der Waals surface area contributed by atoms with Gasteiger partial charge in [-0.15, -0.1) is 0 Å². The first-order chi connectivity index (χ1) is 12.7. The molecule has 2 heterocycles. The Kier molecular flexibility index (Phi) is 4.20. The van der Waals surface area contributed by atoms with Crippen molar-refractivity contribution < 1.29 is 9.13 Å². The lowest BCUT2D eigenvalue weighted by Gasteiger charge is -2.36. The van der Waals surface area contributed by atoms with Gasteiger partial charge in [0.15, 0.2) is 0 Å². The van der Waals surface area contributed by atoms with E-state index in [-0.39, 0.29) is 11.4 Å². The fourth-order valence-electron chi connectivity index (χ4n) is 3.30. The van der Waals surface area contributed by atoms with Crippen LogP contribution in [0.4, 0.5) is 16.0 Å². The van der Waals surface area contributed by atoms with Crippen molar-refractivity contribution >= 4 is 22.5 Å². The Hall–Kier alpha value is -3.09. The van der Waals surface area contributed by atoms with Crippen molar-refractivity contribution in [1.29, 1.82) is 0 Å². The lowest BCUT2D eigenvalue weighted by molar-refractivity contribution is 0.410. The first-order valence-corrected chi connectivity index (χ1v) is 8.48. The number of rotatable bonds is 3. The van der Waals surface area contributed by atoms with E-state index >= 15 is 0 Å². The average molecular weight is 354 g/mol. The van der Waals surface area contributed by atoms with Crippen molar-refractivity contribution in [2.24, 2.45) is 0 Å². The second kappa shape index (κ2) is 6.67. The number of H-pyrrole nitrogens is 1. The summed E-state index contributed by atoms with van der Waals surface area (Å²) in [6.07, 6.45) is 0. The van der Waals surface area contributed by atoms with Gasteiger partial charge in [0, 0.05) is 32.2 Å². The molecule has 1 N–H and O–H groups in total. The first-order valence-electron chi connectivity index (χ1n) is 8.48. The predicted octanol–water partition coefficient (Wildman–Crippen LogP) is 2.40. The molecule has 2 aromatic carbocycles. The Labute approximate surface area is 149 Å². The van der Waals surface area contributed by atoms with Gasteiger partial charge in [-0.05, 0) is 24.3 Å². The van der Waals surface area contributed by atoms with Crippen molar-refractivity contribution in [3.8, 4) is 5.75 Å². The van der Waals surface area contributed by atoms with Crippen LogP contribution >= 0.6 is 0 Å². The number of hydrogen-bond donors (Lipinski definition) is 1. The van der Waals surface area contributed by atoms with E-state index in [1.54, 1.807) is 12.1 Å². The number of piperazine rings is 1. The Bertz CT molecular complexity index is 996. The van der Waals surface area contributed by atoms with Gasteiger partial charge in [0.25, 0.3) is 5.56 Å². The Morgan fingerprint density at radius 3 is 2.58 bits per heavy atom. The van der Waals surface area contributed by atoms with E-state index in [1.807, 2.05) is 18.2 Å². The van der Waals surface area contributed by atoms with Gasteiger partial charge < -0.3 is 14.5 Å². The summed E-state index contributed by atoms with van der Waals surface area (Å²) < 4.78 is 18.7. The van der Waals surface area contributed by atoms with Gasteiger partial charge in [-0.2, -0.15) is 0 Å². The van der Waals surface area contributed by atoms with Crippen LogP contribution < -0.4 is 20.1 Å². The molecule has 6 nitrogen and oxygen atoms in total. The second-order valence-electron chi connectivity index (χ2n) is 6.20. The Morgan fingerprint density at radius 1 is 1.08 bits per heavy atom. The number of fused-ring (bicyclic) bond motifs is 1. The molecule has 4 rings (SSSR count). The lowest BCUT2D eigenvalue weighted by Crippen LogP contribution is -2.47. The lowest BCUT2D eigenvalue weighted by atomic mass is 10.2. The average Bonchev–Trinajstić information content (AvgIpc) is 2.68. The van der Waals surface area contributed by atoms with Crippen molar-refractivity contribution in [3.63, 3.8) is 0 Å². The summed E-state index contributed by atoms with van der Waals surface area (Å²) in [5.74, 6) is 0.789. The molecule has 0 aliphatic carbocycles. The number of para-hydroxylation sites is 1. The smallest absolute Gasteiger partial charge is 0.260 e. The van der Waals surface area contributed by atoms with Crippen LogP contribution in [0.3, 0.4) is 0 Å². The van der Waals surface area contributed by atoms with E-state index in [9.17, 15) is 9.18 Å². The monoisotopic (exact) mass is 354 g/mol. The number of aromatic nitrogens is 2. The number of nitrogens with one attached hydrogen (secondary N) is 1. The van der Waals surface area contributed by atoms with Crippen LogP contribution in [-0.4, -0.2) is 43.3 Å². The number of aromatic amines is 1.